The average molecular weight is 609 g/mol. The molecule has 4 aromatic heterocycles. The molecule has 0 aliphatic heterocycles. The molecule has 0 amide bonds. The summed E-state index contributed by atoms with van der Waals surface area (Å²) in [5.41, 5.74) is 11.1. The molecule has 0 unspecified atom stereocenters. The smallest absolute Gasteiger partial charge is 0.179 e. The molecule has 0 atom stereocenters. The van der Waals surface area contributed by atoms with Crippen LogP contribution in [0.3, 0.4) is 0 Å². The van der Waals surface area contributed by atoms with E-state index in [1.165, 1.54) is 21.8 Å². The van der Waals surface area contributed by atoms with Gasteiger partial charge in [-0.15, -0.1) is 10.2 Å². The van der Waals surface area contributed by atoms with Crippen molar-refractivity contribution in [3.63, 3.8) is 0 Å². The number of aromatic nitrogens is 10. The molecule has 0 saturated heterocycles. The zero-order valence-corrected chi connectivity index (χ0v) is 24.8. The van der Waals surface area contributed by atoms with E-state index >= 15 is 0 Å². The second kappa shape index (κ2) is 11.0. The zero-order valence-electron chi connectivity index (χ0n) is 24.8. The largest absolute Gasteiger partial charge is 0.309 e. The molecule has 0 saturated carbocycles. The van der Waals surface area contributed by atoms with Crippen molar-refractivity contribution < 1.29 is 0 Å². The van der Waals surface area contributed by atoms with Crippen LogP contribution in [-0.4, -0.2) is 50.8 Å². The van der Waals surface area contributed by atoms with E-state index in [-0.39, 0.29) is 0 Å². The van der Waals surface area contributed by atoms with E-state index in [4.69, 9.17) is 4.98 Å². The second-order valence-corrected chi connectivity index (χ2v) is 11.2. The van der Waals surface area contributed by atoms with E-state index in [1.807, 2.05) is 48.5 Å². The molecule has 5 aromatic carbocycles. The van der Waals surface area contributed by atoms with Gasteiger partial charge in [-0.2, -0.15) is 0 Å². The van der Waals surface area contributed by atoms with E-state index in [0.29, 0.717) is 11.6 Å². The lowest BCUT2D eigenvalue weighted by Gasteiger charge is -2.12. The summed E-state index contributed by atoms with van der Waals surface area (Å²) < 4.78 is 2.33. The molecule has 47 heavy (non-hydrogen) atoms. The van der Waals surface area contributed by atoms with E-state index in [0.717, 1.165) is 50.5 Å². The average Bonchev–Trinajstić information content (AvgIpc) is 3.94. The molecule has 0 fully saturated rings. The third-order valence-corrected chi connectivity index (χ3v) is 8.46. The fourth-order valence-corrected chi connectivity index (χ4v) is 6.16. The highest BCUT2D eigenvalue weighted by Crippen LogP contribution is 2.35. The van der Waals surface area contributed by atoms with Crippen LogP contribution in [0.5, 0.6) is 0 Å². The van der Waals surface area contributed by atoms with Gasteiger partial charge < -0.3 is 4.57 Å². The van der Waals surface area contributed by atoms with Gasteiger partial charge in [0.1, 0.15) is 0 Å². The number of fused-ring (bicyclic) bond motifs is 3. The standard InChI is InChI=1S/C37H24N10/c1-3-7-34-30(5-1)31-6-2-4-8-35(31)47(34)29-19-17-23(18-20-29)28-21-32(24-9-13-26(14-10-24)36-39-43-44-40-36)38-33(22-28)25-11-15-27(16-12-25)37-41-45-46-42-37/h1-22H,(H,39,40,43,44)(H,41,42,45,46). The minimum Gasteiger partial charge on any atom is -0.309 e. The predicted molar refractivity (Wildman–Crippen MR) is 181 cm³/mol. The molecule has 10 nitrogen and oxygen atoms in total. The van der Waals surface area contributed by atoms with E-state index in [2.05, 4.69) is 131 Å². The number of nitrogens with one attached hydrogen (secondary N) is 2. The SMILES string of the molecule is c1ccc2c(c1)c1ccccc1n2-c1ccc(-c2cc(-c3ccc(-c4nnn[nH]4)cc3)nc(-c3ccc(-c4nnn[nH]4)cc3)c2)cc1. The third kappa shape index (κ3) is 4.72. The number of aromatic amines is 2. The van der Waals surface area contributed by atoms with Gasteiger partial charge in [0.25, 0.3) is 0 Å². The summed E-state index contributed by atoms with van der Waals surface area (Å²) in [6.45, 7) is 0. The molecular formula is C37H24N10. The second-order valence-electron chi connectivity index (χ2n) is 11.2. The Morgan fingerprint density at radius 1 is 0.426 bits per heavy atom. The highest BCUT2D eigenvalue weighted by atomic mass is 15.5. The minimum atomic E-state index is 0.615. The lowest BCUT2D eigenvalue weighted by Crippen LogP contribution is -1.94. The van der Waals surface area contributed by atoms with E-state index in [9.17, 15) is 0 Å². The summed E-state index contributed by atoms with van der Waals surface area (Å²) in [5, 5.41) is 31.0. The van der Waals surface area contributed by atoms with Crippen LogP contribution < -0.4 is 0 Å². The molecule has 9 aromatic rings. The molecule has 0 aliphatic rings. The van der Waals surface area contributed by atoms with Gasteiger partial charge >= 0.3 is 0 Å². The van der Waals surface area contributed by atoms with Crippen molar-refractivity contribution >= 4 is 21.8 Å². The quantitative estimate of drug-likeness (QED) is 0.200. The maximum atomic E-state index is 5.11. The van der Waals surface area contributed by atoms with Crippen LogP contribution in [0.25, 0.3) is 83.9 Å². The summed E-state index contributed by atoms with van der Waals surface area (Å²) in [6, 6.07) is 46.3. The molecular weight excluding hydrogens is 584 g/mol. The van der Waals surface area contributed by atoms with Crippen molar-refractivity contribution in [2.24, 2.45) is 0 Å². The van der Waals surface area contributed by atoms with Crippen molar-refractivity contribution in [3.05, 3.63) is 133 Å². The fourth-order valence-electron chi connectivity index (χ4n) is 6.16. The number of tetrazole rings is 2. The van der Waals surface area contributed by atoms with Gasteiger partial charge in [0.05, 0.1) is 22.4 Å². The molecule has 0 aliphatic carbocycles. The summed E-state index contributed by atoms with van der Waals surface area (Å²) in [5.74, 6) is 1.23. The first-order valence-corrected chi connectivity index (χ1v) is 15.1. The highest BCUT2D eigenvalue weighted by molar-refractivity contribution is 6.09. The molecule has 0 radical (unpaired) electrons. The number of benzene rings is 5. The molecule has 4 heterocycles. The van der Waals surface area contributed by atoms with Crippen molar-refractivity contribution in [2.45, 2.75) is 0 Å². The van der Waals surface area contributed by atoms with Crippen molar-refractivity contribution in [3.8, 4) is 62.1 Å². The van der Waals surface area contributed by atoms with Crippen LogP contribution in [0, 0.1) is 0 Å². The number of H-pyrrole nitrogens is 2. The van der Waals surface area contributed by atoms with Gasteiger partial charge in [-0.05, 0) is 68.4 Å². The fraction of sp³-hybridized carbons (Fsp3) is 0. The number of rotatable bonds is 6. The molecule has 2 N–H and O–H groups in total. The first kappa shape index (κ1) is 26.6. The Bertz CT molecular complexity index is 2330. The van der Waals surface area contributed by atoms with Gasteiger partial charge in [-0.1, -0.05) is 97.1 Å². The number of hydrogen-bond donors (Lipinski definition) is 2. The lowest BCUT2D eigenvalue weighted by molar-refractivity contribution is 0.881. The number of nitrogens with zero attached hydrogens (tertiary/aromatic N) is 8. The normalized spacial score (nSPS) is 11.4. The third-order valence-electron chi connectivity index (χ3n) is 8.46. The summed E-state index contributed by atoms with van der Waals surface area (Å²) in [6.07, 6.45) is 0. The van der Waals surface area contributed by atoms with Crippen LogP contribution in [-0.2, 0) is 0 Å². The Morgan fingerprint density at radius 3 is 1.34 bits per heavy atom. The molecule has 9 rings (SSSR count). The number of pyridine rings is 1. The van der Waals surface area contributed by atoms with Gasteiger partial charge in [-0.25, -0.2) is 15.2 Å². The van der Waals surface area contributed by atoms with Gasteiger partial charge in [0.15, 0.2) is 11.6 Å². The Morgan fingerprint density at radius 2 is 0.872 bits per heavy atom. The summed E-state index contributed by atoms with van der Waals surface area (Å²) >= 11 is 0. The van der Waals surface area contributed by atoms with Crippen LogP contribution in [0.1, 0.15) is 0 Å². The molecule has 0 bridgehead atoms. The van der Waals surface area contributed by atoms with Gasteiger partial charge in [0, 0.05) is 38.7 Å². The maximum Gasteiger partial charge on any atom is 0.179 e. The first-order valence-electron chi connectivity index (χ1n) is 15.1. The molecule has 0 spiro atoms. The van der Waals surface area contributed by atoms with Gasteiger partial charge in [-0.3, -0.25) is 0 Å². The van der Waals surface area contributed by atoms with E-state index < -0.39 is 0 Å². The van der Waals surface area contributed by atoms with Crippen molar-refractivity contribution in [1.82, 2.24) is 50.8 Å². The number of hydrogen-bond acceptors (Lipinski definition) is 7. The van der Waals surface area contributed by atoms with Crippen LogP contribution >= 0.6 is 0 Å². The highest BCUT2D eigenvalue weighted by Gasteiger charge is 2.14. The Kier molecular flexibility index (Phi) is 6.20. The van der Waals surface area contributed by atoms with Crippen LogP contribution in [0.15, 0.2) is 133 Å². The Balaban J connectivity index is 1.14. The monoisotopic (exact) mass is 608 g/mol. The predicted octanol–water partition coefficient (Wildman–Crippen LogP) is 7.54. The first-order chi connectivity index (χ1) is 23.3. The van der Waals surface area contributed by atoms with E-state index in [1.54, 1.807) is 0 Å². The number of para-hydroxylation sites is 2. The van der Waals surface area contributed by atoms with Crippen LogP contribution in [0.2, 0.25) is 0 Å². The molecule has 222 valence electrons. The Hall–Kier alpha value is -6.81. The Labute approximate surface area is 267 Å². The van der Waals surface area contributed by atoms with Crippen molar-refractivity contribution in [2.75, 3.05) is 0 Å². The maximum absolute atomic E-state index is 5.11. The topological polar surface area (TPSA) is 127 Å². The zero-order chi connectivity index (χ0) is 31.2. The summed E-state index contributed by atoms with van der Waals surface area (Å²) in [7, 11) is 0. The van der Waals surface area contributed by atoms with Crippen molar-refractivity contribution in [1.29, 1.82) is 0 Å². The molecule has 10 heteroatoms. The van der Waals surface area contributed by atoms with Crippen LogP contribution in [0.4, 0.5) is 0 Å². The lowest BCUT2D eigenvalue weighted by atomic mass is 9.99. The summed E-state index contributed by atoms with van der Waals surface area (Å²) in [4.78, 5) is 5.11. The van der Waals surface area contributed by atoms with Gasteiger partial charge in [0.2, 0.25) is 0 Å². The minimum absolute atomic E-state index is 0.615.